The molecule has 0 aliphatic carbocycles. The van der Waals surface area contributed by atoms with Crippen LogP contribution < -0.4 is 0 Å². The zero-order valence-corrected chi connectivity index (χ0v) is 16.0. The van der Waals surface area contributed by atoms with Gasteiger partial charge in [-0.2, -0.15) is 18.2 Å². The van der Waals surface area contributed by atoms with Crippen molar-refractivity contribution in [1.29, 1.82) is 0 Å². The number of hydrogen-bond acceptors (Lipinski definition) is 6. The molecule has 0 unspecified atom stereocenters. The molecule has 0 bridgehead atoms. The van der Waals surface area contributed by atoms with Crippen molar-refractivity contribution in [2.24, 2.45) is 4.99 Å². The molecule has 11 heteroatoms. The minimum atomic E-state index is -4.46. The summed E-state index contributed by atoms with van der Waals surface area (Å²) < 4.78 is 40.4. The summed E-state index contributed by atoms with van der Waals surface area (Å²) in [6.45, 7) is 2.19. The van der Waals surface area contributed by atoms with E-state index < -0.39 is 17.6 Å². The Kier molecular flexibility index (Phi) is 4.99. The van der Waals surface area contributed by atoms with Gasteiger partial charge in [0.15, 0.2) is 5.17 Å². The van der Waals surface area contributed by atoms with E-state index in [0.29, 0.717) is 23.2 Å². The molecular formula is C18H15F3N6OS. The molecule has 3 aromatic rings. The van der Waals surface area contributed by atoms with Gasteiger partial charge in [-0.25, -0.2) is 14.5 Å². The van der Waals surface area contributed by atoms with Crippen LogP contribution in [0.5, 0.6) is 0 Å². The summed E-state index contributed by atoms with van der Waals surface area (Å²) >= 11 is 1.31. The summed E-state index contributed by atoms with van der Waals surface area (Å²) in [4.78, 5) is 27.0. The third-order valence-corrected chi connectivity index (χ3v) is 5.32. The predicted octanol–water partition coefficient (Wildman–Crippen LogP) is 3.72. The Morgan fingerprint density at radius 1 is 1.28 bits per heavy atom. The van der Waals surface area contributed by atoms with Gasteiger partial charge in [0.25, 0.3) is 11.7 Å². The van der Waals surface area contributed by atoms with Crippen molar-refractivity contribution in [3.05, 3.63) is 53.6 Å². The molecule has 3 heterocycles. The maximum absolute atomic E-state index is 13.0. The van der Waals surface area contributed by atoms with Crippen LogP contribution in [0, 0.1) is 6.92 Å². The Balaban J connectivity index is 1.67. The molecule has 29 heavy (non-hydrogen) atoms. The smallest absolute Gasteiger partial charge is 0.284 e. The number of halogens is 3. The van der Waals surface area contributed by atoms with E-state index in [9.17, 15) is 18.0 Å². The van der Waals surface area contributed by atoms with Crippen LogP contribution in [0.25, 0.3) is 5.78 Å². The third-order valence-electron chi connectivity index (χ3n) is 4.25. The first-order valence-corrected chi connectivity index (χ1v) is 9.70. The fraction of sp³-hybridized carbons (Fsp3) is 0.278. The maximum Gasteiger partial charge on any atom is 0.416 e. The van der Waals surface area contributed by atoms with Crippen molar-refractivity contribution in [1.82, 2.24) is 24.5 Å². The number of aryl methyl sites for hydroxylation is 1. The second-order valence-electron chi connectivity index (χ2n) is 6.33. The molecule has 4 rings (SSSR count). The monoisotopic (exact) mass is 420 g/mol. The fourth-order valence-electron chi connectivity index (χ4n) is 2.82. The fourth-order valence-corrected chi connectivity index (χ4v) is 3.78. The molecule has 1 aliphatic rings. The summed E-state index contributed by atoms with van der Waals surface area (Å²) in [6.07, 6.45) is -2.16. The molecule has 0 spiro atoms. The minimum absolute atomic E-state index is 0.0361. The lowest BCUT2D eigenvalue weighted by atomic mass is 10.2. The number of nitrogens with zero attached hydrogens (tertiary/aromatic N) is 6. The highest BCUT2D eigenvalue weighted by atomic mass is 32.2. The first kappa shape index (κ1) is 19.4. The molecule has 7 nitrogen and oxygen atoms in total. The molecule has 0 atom stereocenters. The minimum Gasteiger partial charge on any atom is -0.284 e. The normalized spacial score (nSPS) is 16.6. The lowest BCUT2D eigenvalue weighted by molar-refractivity contribution is -0.137. The Labute approximate surface area is 167 Å². The van der Waals surface area contributed by atoms with Gasteiger partial charge in [0, 0.05) is 24.2 Å². The van der Waals surface area contributed by atoms with Crippen LogP contribution in [0.4, 0.5) is 18.9 Å². The molecule has 1 saturated heterocycles. The van der Waals surface area contributed by atoms with Gasteiger partial charge >= 0.3 is 6.18 Å². The van der Waals surface area contributed by atoms with Crippen molar-refractivity contribution in [3.63, 3.8) is 0 Å². The number of thioether (sulfide) groups is 1. The van der Waals surface area contributed by atoms with Crippen LogP contribution in [0.3, 0.4) is 0 Å². The number of fused-ring (bicyclic) bond motifs is 1. The Bertz CT molecular complexity index is 1110. The topological polar surface area (TPSA) is 75.8 Å². The SMILES string of the molecule is Cc1ccnc2nc(C(=O)N3CCCSC3=Nc3cccc(C(F)(F)F)c3)nn12. The van der Waals surface area contributed by atoms with Crippen LogP contribution in [-0.4, -0.2) is 47.9 Å². The molecular weight excluding hydrogens is 405 g/mol. The molecule has 1 aliphatic heterocycles. The lowest BCUT2D eigenvalue weighted by Gasteiger charge is -2.26. The zero-order valence-electron chi connectivity index (χ0n) is 15.2. The number of carbonyl (C=O) groups excluding carboxylic acids is 1. The van der Waals surface area contributed by atoms with Crippen molar-refractivity contribution in [2.75, 3.05) is 12.3 Å². The molecule has 150 valence electrons. The van der Waals surface area contributed by atoms with Gasteiger partial charge in [-0.05, 0) is 37.6 Å². The largest absolute Gasteiger partial charge is 0.416 e. The molecule has 1 amide bonds. The second kappa shape index (κ2) is 7.47. The number of hydrogen-bond donors (Lipinski definition) is 0. The number of carbonyl (C=O) groups is 1. The average molecular weight is 420 g/mol. The van der Waals surface area contributed by atoms with Crippen molar-refractivity contribution < 1.29 is 18.0 Å². The quantitative estimate of drug-likeness (QED) is 0.632. The number of benzene rings is 1. The highest BCUT2D eigenvalue weighted by molar-refractivity contribution is 8.13. The number of aromatic nitrogens is 4. The van der Waals surface area contributed by atoms with Gasteiger partial charge < -0.3 is 0 Å². The zero-order chi connectivity index (χ0) is 20.6. The first-order chi connectivity index (χ1) is 13.8. The van der Waals surface area contributed by atoms with Crippen molar-refractivity contribution >= 4 is 34.3 Å². The number of rotatable bonds is 2. The summed E-state index contributed by atoms with van der Waals surface area (Å²) in [5.74, 6) is 0.508. The summed E-state index contributed by atoms with van der Waals surface area (Å²) in [5.41, 5.74) is 0.108. The van der Waals surface area contributed by atoms with Crippen LogP contribution in [0.2, 0.25) is 0 Å². The Morgan fingerprint density at radius 3 is 2.86 bits per heavy atom. The van der Waals surface area contributed by atoms with Gasteiger partial charge in [0.05, 0.1) is 11.3 Å². The molecule has 0 N–H and O–H groups in total. The molecule has 1 aromatic carbocycles. The van der Waals surface area contributed by atoms with Gasteiger partial charge in [0.2, 0.25) is 5.82 Å². The predicted molar refractivity (Wildman–Crippen MR) is 102 cm³/mol. The van der Waals surface area contributed by atoms with E-state index in [1.54, 1.807) is 12.3 Å². The van der Waals surface area contributed by atoms with Crippen molar-refractivity contribution in [3.8, 4) is 0 Å². The van der Waals surface area contributed by atoms with Gasteiger partial charge in [-0.1, -0.05) is 17.8 Å². The van der Waals surface area contributed by atoms with Crippen LogP contribution >= 0.6 is 11.8 Å². The maximum atomic E-state index is 13.0. The van der Waals surface area contributed by atoms with E-state index in [-0.39, 0.29) is 11.5 Å². The van der Waals surface area contributed by atoms with E-state index >= 15 is 0 Å². The van der Waals surface area contributed by atoms with Gasteiger partial charge in [0.1, 0.15) is 0 Å². The van der Waals surface area contributed by atoms with Crippen LogP contribution in [0.1, 0.15) is 28.3 Å². The highest BCUT2D eigenvalue weighted by Crippen LogP contribution is 2.32. The molecule has 1 fully saturated rings. The van der Waals surface area contributed by atoms with E-state index in [2.05, 4.69) is 20.1 Å². The first-order valence-electron chi connectivity index (χ1n) is 8.72. The Morgan fingerprint density at radius 2 is 2.10 bits per heavy atom. The molecule has 0 saturated carbocycles. The third kappa shape index (κ3) is 3.95. The number of alkyl halides is 3. The van der Waals surface area contributed by atoms with E-state index in [1.807, 2.05) is 6.92 Å². The summed E-state index contributed by atoms with van der Waals surface area (Å²) in [6, 6.07) is 6.45. The number of amidine groups is 1. The second-order valence-corrected chi connectivity index (χ2v) is 7.40. The Hall–Kier alpha value is -2.95. The highest BCUT2D eigenvalue weighted by Gasteiger charge is 2.31. The van der Waals surface area contributed by atoms with Crippen molar-refractivity contribution in [2.45, 2.75) is 19.5 Å². The number of amides is 1. The summed E-state index contributed by atoms with van der Waals surface area (Å²) in [7, 11) is 0. The van der Waals surface area contributed by atoms with E-state index in [4.69, 9.17) is 0 Å². The number of aliphatic imine (C=N–C) groups is 1. The van der Waals surface area contributed by atoms with E-state index in [1.165, 1.54) is 33.3 Å². The van der Waals surface area contributed by atoms with E-state index in [0.717, 1.165) is 24.2 Å². The van der Waals surface area contributed by atoms with Crippen LogP contribution in [-0.2, 0) is 6.18 Å². The van der Waals surface area contributed by atoms with Crippen LogP contribution in [0.15, 0.2) is 41.5 Å². The van der Waals surface area contributed by atoms with Gasteiger partial charge in [-0.15, -0.1) is 5.10 Å². The summed E-state index contributed by atoms with van der Waals surface area (Å²) in [5, 5.41) is 4.54. The van der Waals surface area contributed by atoms with Gasteiger partial charge in [-0.3, -0.25) is 9.69 Å². The average Bonchev–Trinajstić information content (AvgIpc) is 3.13. The molecule has 2 aromatic heterocycles. The lowest BCUT2D eigenvalue weighted by Crippen LogP contribution is -2.39. The molecule has 0 radical (unpaired) electrons. The standard InChI is InChI=1S/C18H15F3N6OS/c1-11-6-7-22-16-24-14(25-27(11)16)15(28)26-8-3-9-29-17(26)23-13-5-2-4-12(10-13)18(19,20)21/h2,4-7,10H,3,8-9H2,1H3.